The summed E-state index contributed by atoms with van der Waals surface area (Å²) in [5.74, 6) is 1.05. The third-order valence-corrected chi connectivity index (χ3v) is 4.35. The maximum Gasteiger partial charge on any atom is 0.195 e. The Balaban J connectivity index is 1.50. The van der Waals surface area contributed by atoms with Gasteiger partial charge in [0.25, 0.3) is 0 Å². The molecule has 96 valence electrons. The molecule has 5 heteroatoms. The number of nitrogens with one attached hydrogen (secondary N) is 1. The summed E-state index contributed by atoms with van der Waals surface area (Å²) in [6.45, 7) is 1.05. The molecule has 0 atom stereocenters. The van der Waals surface area contributed by atoms with Crippen LogP contribution in [0, 0.1) is 0 Å². The van der Waals surface area contributed by atoms with Gasteiger partial charge in [0, 0.05) is 24.5 Å². The largest absolute Gasteiger partial charge is 0.313 e. The monoisotopic (exact) mass is 262 g/mol. The van der Waals surface area contributed by atoms with Crippen molar-refractivity contribution in [1.29, 1.82) is 0 Å². The van der Waals surface area contributed by atoms with Crippen LogP contribution in [-0.2, 0) is 0 Å². The number of rotatable bonds is 5. The summed E-state index contributed by atoms with van der Waals surface area (Å²) in [5.41, 5.74) is 0.920. The lowest BCUT2D eigenvalue weighted by Crippen LogP contribution is -2.28. The summed E-state index contributed by atoms with van der Waals surface area (Å²) in [7, 11) is 0. The lowest BCUT2D eigenvalue weighted by atomic mass is 10.2. The maximum absolute atomic E-state index is 4.21. The zero-order chi connectivity index (χ0) is 12.2. The van der Waals surface area contributed by atoms with E-state index in [0.29, 0.717) is 0 Å². The van der Waals surface area contributed by atoms with Gasteiger partial charge in [-0.05, 0) is 25.0 Å². The molecule has 0 aliphatic heterocycles. The van der Waals surface area contributed by atoms with E-state index in [2.05, 4.69) is 15.5 Å². The Morgan fingerprint density at radius 2 is 2.17 bits per heavy atom. The lowest BCUT2D eigenvalue weighted by Gasteiger charge is -2.10. The van der Waals surface area contributed by atoms with Crippen LogP contribution < -0.4 is 5.32 Å². The van der Waals surface area contributed by atoms with Gasteiger partial charge in [-0.15, -0.1) is 10.2 Å². The van der Waals surface area contributed by atoms with Gasteiger partial charge in [0.2, 0.25) is 0 Å². The van der Waals surface area contributed by atoms with Gasteiger partial charge in [-0.3, -0.25) is 4.40 Å². The second-order valence-corrected chi connectivity index (χ2v) is 5.76. The van der Waals surface area contributed by atoms with Gasteiger partial charge >= 0.3 is 0 Å². The summed E-state index contributed by atoms with van der Waals surface area (Å²) in [6.07, 6.45) is 7.48. The minimum atomic E-state index is 0.751. The minimum absolute atomic E-state index is 0.751. The maximum atomic E-state index is 4.21. The van der Waals surface area contributed by atoms with Crippen molar-refractivity contribution in [1.82, 2.24) is 19.9 Å². The highest BCUT2D eigenvalue weighted by Gasteiger charge is 2.13. The molecule has 0 unspecified atom stereocenters. The first-order valence-electron chi connectivity index (χ1n) is 6.59. The number of pyridine rings is 1. The van der Waals surface area contributed by atoms with E-state index in [1.165, 1.54) is 25.7 Å². The number of aromatic nitrogens is 3. The Labute approximate surface area is 111 Å². The predicted octanol–water partition coefficient (Wildman–Crippen LogP) is 2.35. The van der Waals surface area contributed by atoms with Gasteiger partial charge in [-0.25, -0.2) is 0 Å². The molecule has 1 fully saturated rings. The molecule has 1 aliphatic carbocycles. The first-order valence-corrected chi connectivity index (χ1v) is 7.58. The van der Waals surface area contributed by atoms with Gasteiger partial charge in [0.1, 0.15) is 0 Å². The molecule has 4 nitrogen and oxygen atoms in total. The van der Waals surface area contributed by atoms with E-state index in [4.69, 9.17) is 0 Å². The van der Waals surface area contributed by atoms with Crippen LogP contribution in [0.5, 0.6) is 0 Å². The third kappa shape index (κ3) is 2.67. The molecule has 1 saturated carbocycles. The fourth-order valence-corrected chi connectivity index (χ4v) is 3.25. The minimum Gasteiger partial charge on any atom is -0.313 e. The predicted molar refractivity (Wildman–Crippen MR) is 74.0 cm³/mol. The fraction of sp³-hybridized carbons (Fsp3) is 0.538. The Morgan fingerprint density at radius 3 is 3.06 bits per heavy atom. The highest BCUT2D eigenvalue weighted by Crippen LogP contribution is 2.19. The molecule has 3 rings (SSSR count). The summed E-state index contributed by atoms with van der Waals surface area (Å²) in [4.78, 5) is 0. The van der Waals surface area contributed by atoms with E-state index in [1.807, 2.05) is 28.8 Å². The molecule has 0 radical (unpaired) electrons. The van der Waals surface area contributed by atoms with Gasteiger partial charge in [0.05, 0.1) is 0 Å². The average Bonchev–Trinajstić information content (AvgIpc) is 3.04. The van der Waals surface area contributed by atoms with Crippen LogP contribution in [-0.4, -0.2) is 32.9 Å². The summed E-state index contributed by atoms with van der Waals surface area (Å²) in [5, 5.41) is 13.0. The van der Waals surface area contributed by atoms with Crippen molar-refractivity contribution in [2.24, 2.45) is 0 Å². The number of hydrogen-bond donors (Lipinski definition) is 1. The molecule has 0 amide bonds. The Morgan fingerprint density at radius 1 is 1.28 bits per heavy atom. The molecule has 2 aromatic rings. The second-order valence-electron chi connectivity index (χ2n) is 4.70. The zero-order valence-electron chi connectivity index (χ0n) is 10.4. The van der Waals surface area contributed by atoms with Crippen LogP contribution in [0.1, 0.15) is 25.7 Å². The van der Waals surface area contributed by atoms with Crippen molar-refractivity contribution in [2.45, 2.75) is 36.9 Å². The van der Waals surface area contributed by atoms with Crippen LogP contribution in [0.4, 0.5) is 0 Å². The van der Waals surface area contributed by atoms with Crippen molar-refractivity contribution in [3.05, 3.63) is 24.4 Å². The van der Waals surface area contributed by atoms with E-state index < -0.39 is 0 Å². The van der Waals surface area contributed by atoms with Crippen molar-refractivity contribution in [3.63, 3.8) is 0 Å². The molecule has 1 aliphatic rings. The Kier molecular flexibility index (Phi) is 3.81. The molecule has 0 saturated heterocycles. The van der Waals surface area contributed by atoms with E-state index >= 15 is 0 Å². The van der Waals surface area contributed by atoms with Crippen molar-refractivity contribution < 1.29 is 0 Å². The molecular weight excluding hydrogens is 244 g/mol. The first-order chi connectivity index (χ1) is 8.93. The van der Waals surface area contributed by atoms with Crippen LogP contribution in [0.25, 0.3) is 5.65 Å². The van der Waals surface area contributed by atoms with Crippen LogP contribution in [0.15, 0.2) is 29.6 Å². The van der Waals surface area contributed by atoms with Crippen molar-refractivity contribution in [3.8, 4) is 0 Å². The average molecular weight is 262 g/mol. The Bertz CT molecular complexity index is 504. The van der Waals surface area contributed by atoms with Gasteiger partial charge in [-0.2, -0.15) is 0 Å². The van der Waals surface area contributed by atoms with Crippen molar-refractivity contribution >= 4 is 17.4 Å². The molecule has 1 N–H and O–H groups in total. The topological polar surface area (TPSA) is 42.2 Å². The van der Waals surface area contributed by atoms with E-state index in [9.17, 15) is 0 Å². The standard InChI is InChI=1S/C13H18N4S/c1-2-6-11(5-1)14-8-10-18-13-16-15-12-7-3-4-9-17(12)13/h3-4,7,9,11,14H,1-2,5-6,8,10H2. The molecule has 0 spiro atoms. The summed E-state index contributed by atoms with van der Waals surface area (Å²) in [6, 6.07) is 6.73. The smallest absolute Gasteiger partial charge is 0.195 e. The number of thioether (sulfide) groups is 1. The van der Waals surface area contributed by atoms with Crippen LogP contribution >= 0.6 is 11.8 Å². The highest BCUT2D eigenvalue weighted by molar-refractivity contribution is 7.99. The van der Waals surface area contributed by atoms with Gasteiger partial charge < -0.3 is 5.32 Å². The van der Waals surface area contributed by atoms with E-state index in [0.717, 1.165) is 29.1 Å². The van der Waals surface area contributed by atoms with Crippen LogP contribution in [0.3, 0.4) is 0 Å². The molecule has 2 aromatic heterocycles. The zero-order valence-corrected chi connectivity index (χ0v) is 11.2. The third-order valence-electron chi connectivity index (χ3n) is 3.40. The summed E-state index contributed by atoms with van der Waals surface area (Å²) < 4.78 is 2.04. The van der Waals surface area contributed by atoms with Crippen molar-refractivity contribution in [2.75, 3.05) is 12.3 Å². The SMILES string of the molecule is c1ccn2c(SCCNC3CCCC3)nnc2c1. The molecule has 0 aromatic carbocycles. The van der Waals surface area contributed by atoms with Crippen LogP contribution in [0.2, 0.25) is 0 Å². The molecule has 0 bridgehead atoms. The number of nitrogens with zero attached hydrogens (tertiary/aromatic N) is 3. The van der Waals surface area contributed by atoms with Gasteiger partial charge in [-0.1, -0.05) is 30.7 Å². The van der Waals surface area contributed by atoms with E-state index in [-0.39, 0.29) is 0 Å². The lowest BCUT2D eigenvalue weighted by molar-refractivity contribution is 0.545. The molecular formula is C13H18N4S. The second kappa shape index (κ2) is 5.71. The number of hydrogen-bond acceptors (Lipinski definition) is 4. The first kappa shape index (κ1) is 12.0. The normalized spacial score (nSPS) is 16.7. The molecule has 18 heavy (non-hydrogen) atoms. The highest BCUT2D eigenvalue weighted by atomic mass is 32.2. The molecule has 2 heterocycles. The van der Waals surface area contributed by atoms with Gasteiger partial charge in [0.15, 0.2) is 10.8 Å². The quantitative estimate of drug-likeness (QED) is 0.663. The Hall–Kier alpha value is -1.07. The number of fused-ring (bicyclic) bond motifs is 1. The summed E-state index contributed by atoms with van der Waals surface area (Å²) >= 11 is 1.77. The van der Waals surface area contributed by atoms with E-state index in [1.54, 1.807) is 11.8 Å². The fourth-order valence-electron chi connectivity index (χ4n) is 2.45.